The molecule has 1 N–H and O–H groups in total. The quantitative estimate of drug-likeness (QED) is 0.770. The fourth-order valence-corrected chi connectivity index (χ4v) is 3.09. The van der Waals surface area contributed by atoms with Crippen LogP contribution in [0.5, 0.6) is 0 Å². The van der Waals surface area contributed by atoms with Crippen molar-refractivity contribution in [3.05, 3.63) is 40.9 Å². The molecule has 0 saturated heterocycles. The van der Waals surface area contributed by atoms with E-state index in [4.69, 9.17) is 0 Å². The molecule has 0 aliphatic rings. The van der Waals surface area contributed by atoms with Crippen LogP contribution < -0.4 is 0 Å². The summed E-state index contributed by atoms with van der Waals surface area (Å²) in [6, 6.07) is 9.95. The summed E-state index contributed by atoms with van der Waals surface area (Å²) in [5.41, 5.74) is 2.04. The third-order valence-corrected chi connectivity index (χ3v) is 4.24. The number of aliphatic hydroxyl groups excluding tert-OH is 1. The van der Waals surface area contributed by atoms with E-state index >= 15 is 0 Å². The third-order valence-electron chi connectivity index (χ3n) is 2.94. The lowest BCUT2D eigenvalue weighted by Gasteiger charge is -2.03. The first-order valence-corrected chi connectivity index (χ1v) is 6.58. The molecule has 0 amide bonds. The van der Waals surface area contributed by atoms with E-state index in [1.54, 1.807) is 6.92 Å². The van der Waals surface area contributed by atoms with E-state index in [9.17, 15) is 5.11 Å². The predicted octanol–water partition coefficient (Wildman–Crippen LogP) is 2.82. The highest BCUT2D eigenvalue weighted by Gasteiger charge is 2.18. The zero-order chi connectivity index (χ0) is 12.7. The average Bonchev–Trinajstić information content (AvgIpc) is 2.91. The summed E-state index contributed by atoms with van der Waals surface area (Å²) in [6.45, 7) is 3.76. The van der Waals surface area contributed by atoms with Crippen LogP contribution in [0.1, 0.15) is 23.6 Å². The molecule has 4 nitrogen and oxygen atoms in total. The van der Waals surface area contributed by atoms with Crippen LogP contribution in [0.3, 0.4) is 0 Å². The van der Waals surface area contributed by atoms with Crippen molar-refractivity contribution in [2.45, 2.75) is 20.0 Å². The van der Waals surface area contributed by atoms with Crippen LogP contribution >= 0.6 is 11.3 Å². The number of hydrogen-bond donors (Lipinski definition) is 1. The molecule has 3 rings (SSSR count). The van der Waals surface area contributed by atoms with Crippen molar-refractivity contribution in [3.8, 4) is 11.4 Å². The summed E-state index contributed by atoms with van der Waals surface area (Å²) in [7, 11) is 0. The molecule has 1 aromatic carbocycles. The monoisotopic (exact) mass is 259 g/mol. The Morgan fingerprint density at radius 3 is 2.61 bits per heavy atom. The lowest BCUT2D eigenvalue weighted by molar-refractivity contribution is 0.202. The van der Waals surface area contributed by atoms with Gasteiger partial charge < -0.3 is 5.11 Å². The van der Waals surface area contributed by atoms with Gasteiger partial charge >= 0.3 is 0 Å². The first kappa shape index (κ1) is 11.4. The van der Waals surface area contributed by atoms with Gasteiger partial charge in [0.25, 0.3) is 0 Å². The Morgan fingerprint density at radius 1 is 1.22 bits per heavy atom. The fraction of sp³-hybridized carbons (Fsp3) is 0.231. The van der Waals surface area contributed by atoms with Crippen LogP contribution in [0.25, 0.3) is 16.3 Å². The Hall–Kier alpha value is -1.72. The standard InChI is InChI=1S/C13H13N3OS/c1-8-11(9(2)17)18-13-15-14-12(16(8)13)10-6-4-3-5-7-10/h3-7,9,17H,1-2H3. The Kier molecular flexibility index (Phi) is 2.65. The molecule has 1 unspecified atom stereocenters. The highest BCUT2D eigenvalue weighted by molar-refractivity contribution is 7.17. The molecule has 0 bridgehead atoms. The van der Waals surface area contributed by atoms with Gasteiger partial charge in [-0.2, -0.15) is 0 Å². The van der Waals surface area contributed by atoms with Gasteiger partial charge in [0.15, 0.2) is 5.82 Å². The number of rotatable bonds is 2. The maximum Gasteiger partial charge on any atom is 0.217 e. The van der Waals surface area contributed by atoms with Gasteiger partial charge in [0.1, 0.15) is 0 Å². The fourth-order valence-electron chi connectivity index (χ4n) is 2.08. The van der Waals surface area contributed by atoms with E-state index in [0.29, 0.717) is 0 Å². The number of hydrogen-bond acceptors (Lipinski definition) is 4. The van der Waals surface area contributed by atoms with Gasteiger partial charge in [-0.3, -0.25) is 4.40 Å². The second-order valence-electron chi connectivity index (χ2n) is 4.24. The summed E-state index contributed by atoms with van der Waals surface area (Å²) >= 11 is 1.49. The zero-order valence-corrected chi connectivity index (χ0v) is 11.0. The molecule has 92 valence electrons. The van der Waals surface area contributed by atoms with Crippen LogP contribution in [0.2, 0.25) is 0 Å². The van der Waals surface area contributed by atoms with Crippen molar-refractivity contribution >= 4 is 16.3 Å². The van der Waals surface area contributed by atoms with Crippen LogP contribution in [-0.2, 0) is 0 Å². The second-order valence-corrected chi connectivity index (χ2v) is 5.24. The number of thiazole rings is 1. The van der Waals surface area contributed by atoms with Crippen molar-refractivity contribution in [2.24, 2.45) is 0 Å². The molecule has 3 aromatic rings. The summed E-state index contributed by atoms with van der Waals surface area (Å²) in [5.74, 6) is 0.825. The van der Waals surface area contributed by atoms with E-state index in [1.165, 1.54) is 11.3 Å². The molecule has 0 spiro atoms. The average molecular weight is 259 g/mol. The molecule has 1 atom stereocenters. The molecule has 5 heteroatoms. The van der Waals surface area contributed by atoms with Gasteiger partial charge in [-0.1, -0.05) is 41.7 Å². The van der Waals surface area contributed by atoms with Gasteiger partial charge in [-0.15, -0.1) is 10.2 Å². The lowest BCUT2D eigenvalue weighted by Crippen LogP contribution is -1.95. The molecular formula is C13H13N3OS. The predicted molar refractivity (Wildman–Crippen MR) is 71.7 cm³/mol. The van der Waals surface area contributed by atoms with E-state index in [2.05, 4.69) is 10.2 Å². The molecule has 18 heavy (non-hydrogen) atoms. The number of benzene rings is 1. The molecule has 0 aliphatic heterocycles. The molecule has 0 saturated carbocycles. The normalized spacial score (nSPS) is 13.1. The topological polar surface area (TPSA) is 50.4 Å². The van der Waals surface area contributed by atoms with Crippen molar-refractivity contribution in [2.75, 3.05) is 0 Å². The summed E-state index contributed by atoms with van der Waals surface area (Å²) in [6.07, 6.45) is -0.472. The number of aryl methyl sites for hydroxylation is 1. The minimum absolute atomic E-state index is 0.472. The van der Waals surface area contributed by atoms with Crippen molar-refractivity contribution in [1.82, 2.24) is 14.6 Å². The van der Waals surface area contributed by atoms with Crippen LogP contribution in [0, 0.1) is 6.92 Å². The molecular weight excluding hydrogens is 246 g/mol. The van der Waals surface area contributed by atoms with Crippen molar-refractivity contribution in [3.63, 3.8) is 0 Å². The largest absolute Gasteiger partial charge is 0.388 e. The van der Waals surface area contributed by atoms with Crippen LogP contribution in [0.15, 0.2) is 30.3 Å². The van der Waals surface area contributed by atoms with Gasteiger partial charge in [0.2, 0.25) is 4.96 Å². The summed E-state index contributed by atoms with van der Waals surface area (Å²) < 4.78 is 2.00. The Labute approximate surface area is 109 Å². The minimum atomic E-state index is -0.472. The SMILES string of the molecule is Cc1c(C(C)O)sc2nnc(-c3ccccc3)n12. The van der Waals surface area contributed by atoms with E-state index < -0.39 is 6.10 Å². The van der Waals surface area contributed by atoms with Gasteiger partial charge in [-0.25, -0.2) is 0 Å². The maximum atomic E-state index is 9.73. The Balaban J connectivity index is 2.26. The van der Waals surface area contributed by atoms with Crippen LogP contribution in [-0.4, -0.2) is 19.7 Å². The smallest absolute Gasteiger partial charge is 0.217 e. The first-order chi connectivity index (χ1) is 8.68. The van der Waals surface area contributed by atoms with Crippen LogP contribution in [0.4, 0.5) is 0 Å². The molecule has 0 fully saturated rings. The zero-order valence-electron chi connectivity index (χ0n) is 10.2. The summed E-state index contributed by atoms with van der Waals surface area (Å²) in [5, 5.41) is 18.1. The maximum absolute atomic E-state index is 9.73. The lowest BCUT2D eigenvalue weighted by atomic mass is 10.2. The molecule has 0 aliphatic carbocycles. The van der Waals surface area contributed by atoms with E-state index in [0.717, 1.165) is 26.9 Å². The number of aromatic nitrogens is 3. The molecule has 2 heterocycles. The number of nitrogens with zero attached hydrogens (tertiary/aromatic N) is 3. The van der Waals surface area contributed by atoms with Crippen molar-refractivity contribution in [1.29, 1.82) is 0 Å². The number of aliphatic hydroxyl groups is 1. The minimum Gasteiger partial charge on any atom is -0.388 e. The van der Waals surface area contributed by atoms with E-state index in [-0.39, 0.29) is 0 Å². The Bertz CT molecular complexity index is 685. The summed E-state index contributed by atoms with van der Waals surface area (Å²) in [4.78, 5) is 1.76. The number of fused-ring (bicyclic) bond motifs is 1. The second kappa shape index (κ2) is 4.19. The van der Waals surface area contributed by atoms with E-state index in [1.807, 2.05) is 41.7 Å². The highest BCUT2D eigenvalue weighted by atomic mass is 32.1. The third kappa shape index (κ3) is 1.63. The molecule has 2 aromatic heterocycles. The molecule has 0 radical (unpaired) electrons. The first-order valence-electron chi connectivity index (χ1n) is 5.76. The van der Waals surface area contributed by atoms with Gasteiger partial charge in [-0.05, 0) is 13.8 Å². The van der Waals surface area contributed by atoms with Crippen molar-refractivity contribution < 1.29 is 5.11 Å². The van der Waals surface area contributed by atoms with Gasteiger partial charge in [0, 0.05) is 11.3 Å². The van der Waals surface area contributed by atoms with Gasteiger partial charge in [0.05, 0.1) is 11.0 Å². The highest BCUT2D eigenvalue weighted by Crippen LogP contribution is 2.30. The Morgan fingerprint density at radius 2 is 1.94 bits per heavy atom.